The summed E-state index contributed by atoms with van der Waals surface area (Å²) >= 11 is 6.20. The van der Waals surface area contributed by atoms with E-state index in [1.165, 1.54) is 12.1 Å². The Labute approximate surface area is 221 Å². The number of nitrogens with zero attached hydrogens (tertiary/aromatic N) is 5. The van der Waals surface area contributed by atoms with Gasteiger partial charge in [0.05, 0.1) is 29.2 Å². The summed E-state index contributed by atoms with van der Waals surface area (Å²) in [6.45, 7) is 6.33. The molecule has 4 heterocycles. The molecule has 3 atom stereocenters. The van der Waals surface area contributed by atoms with E-state index in [-0.39, 0.29) is 29.2 Å². The molecule has 0 radical (unpaired) electrons. The fourth-order valence-corrected chi connectivity index (χ4v) is 6.04. The van der Waals surface area contributed by atoms with Crippen molar-refractivity contribution >= 4 is 44.7 Å². The Hall–Kier alpha value is -2.89. The molecule has 2 aliphatic heterocycles. The SMILES string of the molecule is Cc1cn2nc(C3CCCCN3C(=O)c3cc(Cl)ccc3NS(C)(=O)=O)cc2nc1N1CC(C)C(N)C1. The first-order chi connectivity index (χ1) is 17.5. The standard InChI is InChI=1S/C25H32ClN7O3S/c1-15-12-31(14-19(15)27)24-16(2)13-33-23(28-24)11-21(29-33)22-6-4-5-9-32(22)25(34)18-10-17(26)7-8-20(18)30-37(3,35)36/h7-8,10-11,13,15,19,22,30H,4-6,9,12,14,27H2,1-3H3. The average Bonchev–Trinajstić information content (AvgIpc) is 3.40. The number of rotatable bonds is 5. The minimum Gasteiger partial charge on any atom is -0.354 e. The topological polar surface area (TPSA) is 126 Å². The molecule has 1 aromatic carbocycles. The van der Waals surface area contributed by atoms with Gasteiger partial charge in [-0.1, -0.05) is 18.5 Å². The summed E-state index contributed by atoms with van der Waals surface area (Å²) in [7, 11) is -3.58. The number of sulfonamides is 1. The van der Waals surface area contributed by atoms with Crippen molar-refractivity contribution in [3.8, 4) is 0 Å². The first-order valence-corrected chi connectivity index (χ1v) is 14.7. The molecule has 2 saturated heterocycles. The van der Waals surface area contributed by atoms with Crippen molar-refractivity contribution in [1.82, 2.24) is 19.5 Å². The number of aryl methyl sites for hydroxylation is 1. The summed E-state index contributed by atoms with van der Waals surface area (Å²) in [6.07, 6.45) is 5.56. The molecular weight excluding hydrogens is 514 g/mol. The van der Waals surface area contributed by atoms with Gasteiger partial charge in [-0.05, 0) is 50.3 Å². The first kappa shape index (κ1) is 25.7. The van der Waals surface area contributed by atoms with E-state index >= 15 is 0 Å². The van der Waals surface area contributed by atoms with E-state index in [2.05, 4.69) is 16.5 Å². The van der Waals surface area contributed by atoms with Crippen molar-refractivity contribution in [2.45, 2.75) is 45.2 Å². The van der Waals surface area contributed by atoms with Crippen LogP contribution in [0.2, 0.25) is 5.02 Å². The number of likely N-dealkylation sites (tertiary alicyclic amines) is 1. The van der Waals surface area contributed by atoms with Gasteiger partial charge in [-0.15, -0.1) is 0 Å². The Kier molecular flexibility index (Phi) is 6.80. The quantitative estimate of drug-likeness (QED) is 0.504. The highest BCUT2D eigenvalue weighted by molar-refractivity contribution is 7.92. The smallest absolute Gasteiger partial charge is 0.256 e. The number of carbonyl (C=O) groups excluding carboxylic acids is 1. The van der Waals surface area contributed by atoms with Crippen molar-refractivity contribution in [3.63, 3.8) is 0 Å². The number of halogens is 1. The van der Waals surface area contributed by atoms with Crippen LogP contribution >= 0.6 is 11.6 Å². The van der Waals surface area contributed by atoms with E-state index in [9.17, 15) is 13.2 Å². The molecule has 0 saturated carbocycles. The Morgan fingerprint density at radius 1 is 1.22 bits per heavy atom. The van der Waals surface area contributed by atoms with E-state index in [0.717, 1.165) is 55.7 Å². The van der Waals surface area contributed by atoms with Gasteiger partial charge in [-0.2, -0.15) is 5.10 Å². The number of hydrogen-bond acceptors (Lipinski definition) is 7. The molecule has 0 aliphatic carbocycles. The lowest BCUT2D eigenvalue weighted by atomic mass is 9.98. The van der Waals surface area contributed by atoms with Crippen molar-refractivity contribution < 1.29 is 13.2 Å². The number of hydrogen-bond donors (Lipinski definition) is 2. The van der Waals surface area contributed by atoms with Crippen molar-refractivity contribution in [2.75, 3.05) is 35.5 Å². The zero-order valence-corrected chi connectivity index (χ0v) is 22.8. The summed E-state index contributed by atoms with van der Waals surface area (Å²) in [5.41, 5.74) is 9.14. The zero-order chi connectivity index (χ0) is 26.5. The summed E-state index contributed by atoms with van der Waals surface area (Å²) in [5, 5.41) is 5.15. The van der Waals surface area contributed by atoms with Crippen LogP contribution in [-0.2, 0) is 10.0 Å². The molecule has 1 amide bonds. The van der Waals surface area contributed by atoms with Gasteiger partial charge in [-0.3, -0.25) is 9.52 Å². The van der Waals surface area contributed by atoms with Crippen LogP contribution in [-0.4, -0.2) is 65.8 Å². The largest absolute Gasteiger partial charge is 0.354 e. The van der Waals surface area contributed by atoms with E-state index in [1.54, 1.807) is 15.5 Å². The first-order valence-electron chi connectivity index (χ1n) is 12.5. The molecule has 37 heavy (non-hydrogen) atoms. The van der Waals surface area contributed by atoms with Gasteiger partial charge in [0.15, 0.2) is 5.65 Å². The van der Waals surface area contributed by atoms with E-state index in [4.69, 9.17) is 27.4 Å². The molecule has 5 rings (SSSR count). The van der Waals surface area contributed by atoms with Gasteiger partial charge in [0.2, 0.25) is 10.0 Å². The predicted octanol–water partition coefficient (Wildman–Crippen LogP) is 3.21. The number of fused-ring (bicyclic) bond motifs is 1. The van der Waals surface area contributed by atoms with Gasteiger partial charge < -0.3 is 15.5 Å². The molecule has 2 fully saturated rings. The molecule has 3 N–H and O–H groups in total. The molecule has 2 aromatic heterocycles. The lowest BCUT2D eigenvalue weighted by Gasteiger charge is -2.35. The van der Waals surface area contributed by atoms with Crippen molar-refractivity contribution in [2.24, 2.45) is 11.7 Å². The number of carbonyl (C=O) groups is 1. The maximum atomic E-state index is 13.8. The zero-order valence-electron chi connectivity index (χ0n) is 21.2. The van der Waals surface area contributed by atoms with Crippen molar-refractivity contribution in [1.29, 1.82) is 0 Å². The summed E-state index contributed by atoms with van der Waals surface area (Å²) in [6, 6.07) is 6.37. The number of nitrogens with two attached hydrogens (primary N) is 1. The number of piperidine rings is 1. The third kappa shape index (κ3) is 5.25. The summed E-state index contributed by atoms with van der Waals surface area (Å²) in [4.78, 5) is 22.7. The number of amides is 1. The number of aromatic nitrogens is 3. The third-order valence-electron chi connectivity index (χ3n) is 7.21. The third-order valence-corrected chi connectivity index (χ3v) is 8.03. The average molecular weight is 546 g/mol. The van der Waals surface area contributed by atoms with Gasteiger partial charge in [0.25, 0.3) is 5.91 Å². The number of nitrogens with one attached hydrogen (secondary N) is 1. The molecule has 0 spiro atoms. The molecule has 198 valence electrons. The lowest BCUT2D eigenvalue weighted by Crippen LogP contribution is -2.39. The van der Waals surface area contributed by atoms with Crippen LogP contribution in [0, 0.1) is 12.8 Å². The van der Waals surface area contributed by atoms with E-state index < -0.39 is 10.0 Å². The Morgan fingerprint density at radius 2 is 2.00 bits per heavy atom. The second-order valence-electron chi connectivity index (χ2n) is 10.2. The minimum absolute atomic E-state index is 0.119. The Morgan fingerprint density at radius 3 is 2.70 bits per heavy atom. The van der Waals surface area contributed by atoms with Crippen molar-refractivity contribution in [3.05, 3.63) is 52.3 Å². The predicted molar refractivity (Wildman–Crippen MR) is 145 cm³/mol. The highest BCUT2D eigenvalue weighted by atomic mass is 35.5. The molecule has 3 unspecified atom stereocenters. The van der Waals surface area contributed by atoms with Crippen LogP contribution in [0.1, 0.15) is 53.8 Å². The van der Waals surface area contributed by atoms with Crippen LogP contribution in [0.4, 0.5) is 11.5 Å². The lowest BCUT2D eigenvalue weighted by molar-refractivity contribution is 0.0607. The van der Waals surface area contributed by atoms with Gasteiger partial charge in [-0.25, -0.2) is 17.9 Å². The van der Waals surface area contributed by atoms with Gasteiger partial charge in [0, 0.05) is 48.5 Å². The molecule has 0 bridgehead atoms. The van der Waals surface area contributed by atoms with Crippen LogP contribution in [0.25, 0.3) is 5.65 Å². The molecular formula is C25H32ClN7O3S. The Bertz CT molecular complexity index is 1450. The fraction of sp³-hybridized carbons (Fsp3) is 0.480. The van der Waals surface area contributed by atoms with E-state index in [0.29, 0.717) is 23.1 Å². The second-order valence-corrected chi connectivity index (χ2v) is 12.4. The second kappa shape index (κ2) is 9.77. The van der Waals surface area contributed by atoms with E-state index in [1.807, 2.05) is 19.2 Å². The molecule has 3 aromatic rings. The Balaban J connectivity index is 1.48. The number of anilines is 2. The minimum atomic E-state index is -3.58. The normalized spacial score (nSPS) is 22.6. The summed E-state index contributed by atoms with van der Waals surface area (Å²) in [5.74, 6) is 1.01. The highest BCUT2D eigenvalue weighted by Gasteiger charge is 2.33. The highest BCUT2D eigenvalue weighted by Crippen LogP contribution is 2.34. The fourth-order valence-electron chi connectivity index (χ4n) is 5.29. The monoisotopic (exact) mass is 545 g/mol. The van der Waals surface area contributed by atoms with Crippen LogP contribution in [0.3, 0.4) is 0 Å². The maximum absolute atomic E-state index is 13.8. The van der Waals surface area contributed by atoms with Crippen LogP contribution < -0.4 is 15.4 Å². The molecule has 10 nitrogen and oxygen atoms in total. The maximum Gasteiger partial charge on any atom is 0.256 e. The number of benzene rings is 1. The van der Waals surface area contributed by atoms with Crippen LogP contribution in [0.15, 0.2) is 30.5 Å². The molecule has 12 heteroatoms. The van der Waals surface area contributed by atoms with Gasteiger partial charge in [0.1, 0.15) is 5.82 Å². The summed E-state index contributed by atoms with van der Waals surface area (Å²) < 4.78 is 28.0. The van der Waals surface area contributed by atoms with Gasteiger partial charge >= 0.3 is 0 Å². The molecule has 2 aliphatic rings. The van der Waals surface area contributed by atoms with Crippen LogP contribution in [0.5, 0.6) is 0 Å².